The highest BCUT2D eigenvalue weighted by Crippen LogP contribution is 2.34. The molecule has 208 valence electrons. The Labute approximate surface area is 238 Å². The number of methoxy groups -OCH3 is 1. The molecule has 4 aromatic rings. The summed E-state index contributed by atoms with van der Waals surface area (Å²) in [5.41, 5.74) is 2.84. The fourth-order valence-corrected chi connectivity index (χ4v) is 5.89. The van der Waals surface area contributed by atoms with E-state index in [1.165, 1.54) is 15.3 Å². The molecule has 0 unspecified atom stereocenters. The predicted octanol–water partition coefficient (Wildman–Crippen LogP) is 6.32. The minimum Gasteiger partial charge on any atom is -0.497 e. The van der Waals surface area contributed by atoms with E-state index < -0.39 is 0 Å². The summed E-state index contributed by atoms with van der Waals surface area (Å²) in [6.45, 7) is 5.33. The number of hydrogen-bond donors (Lipinski definition) is 0. The number of ether oxygens (including phenoxy) is 2. The van der Waals surface area contributed by atoms with E-state index in [0.29, 0.717) is 36.1 Å². The van der Waals surface area contributed by atoms with Crippen LogP contribution in [0.5, 0.6) is 11.5 Å². The van der Waals surface area contributed by atoms with Crippen LogP contribution in [0, 0.1) is 0 Å². The van der Waals surface area contributed by atoms with E-state index in [1.807, 2.05) is 17.0 Å². The molecule has 2 amide bonds. The van der Waals surface area contributed by atoms with Crippen molar-refractivity contribution in [3.05, 3.63) is 106 Å². The van der Waals surface area contributed by atoms with Crippen LogP contribution in [0.1, 0.15) is 57.9 Å². The van der Waals surface area contributed by atoms with Crippen molar-refractivity contribution in [2.45, 2.75) is 38.8 Å². The number of hydrogen-bond acceptors (Lipinski definition) is 6. The van der Waals surface area contributed by atoms with Crippen LogP contribution in [0.4, 0.5) is 0 Å². The number of nitrogens with zero attached hydrogens (tertiary/aromatic N) is 2. The third kappa shape index (κ3) is 6.23. The quantitative estimate of drug-likeness (QED) is 0.228. The Kier molecular flexibility index (Phi) is 8.55. The van der Waals surface area contributed by atoms with E-state index >= 15 is 0 Å². The van der Waals surface area contributed by atoms with Crippen LogP contribution in [-0.2, 0) is 17.8 Å². The molecule has 0 fully saturated rings. The molecule has 1 aliphatic rings. The molecular weight excluding hydrogens is 524 g/mol. The molecule has 0 saturated heterocycles. The lowest BCUT2D eigenvalue weighted by Gasteiger charge is -2.37. The van der Waals surface area contributed by atoms with Gasteiger partial charge < -0.3 is 23.7 Å². The topological polar surface area (TPSA) is 72.2 Å². The number of fused-ring (bicyclic) bond motifs is 1. The first-order chi connectivity index (χ1) is 19.4. The molecule has 40 heavy (non-hydrogen) atoms. The van der Waals surface area contributed by atoms with Crippen molar-refractivity contribution in [3.63, 3.8) is 0 Å². The Hall–Kier alpha value is -4.04. The van der Waals surface area contributed by atoms with Gasteiger partial charge in [0.1, 0.15) is 30.4 Å². The number of furan rings is 1. The van der Waals surface area contributed by atoms with Gasteiger partial charge in [-0.1, -0.05) is 26.0 Å². The largest absolute Gasteiger partial charge is 0.497 e. The number of rotatable bonds is 10. The summed E-state index contributed by atoms with van der Waals surface area (Å²) >= 11 is 1.71. The maximum atomic E-state index is 13.9. The van der Waals surface area contributed by atoms with Crippen LogP contribution in [0.15, 0.2) is 82.8 Å². The second kappa shape index (κ2) is 12.4. The average Bonchev–Trinajstić information content (AvgIpc) is 3.68. The van der Waals surface area contributed by atoms with Crippen molar-refractivity contribution in [1.82, 2.24) is 9.80 Å². The summed E-state index contributed by atoms with van der Waals surface area (Å²) in [5, 5.41) is 2.07. The SMILES string of the molecule is COc1ccc(C(=O)N(CC(=O)N2CCc3sccc3[C@@H]2COc2ccc(C(C)C)cc2)Cc2ccco2)cc1. The molecule has 2 aromatic heterocycles. The maximum Gasteiger partial charge on any atom is 0.254 e. The minimum atomic E-state index is -0.251. The van der Waals surface area contributed by atoms with Crippen molar-refractivity contribution in [2.24, 2.45) is 0 Å². The maximum absolute atomic E-state index is 13.9. The summed E-state index contributed by atoms with van der Waals surface area (Å²) < 4.78 is 17.0. The first-order valence-electron chi connectivity index (χ1n) is 13.5. The molecule has 0 spiro atoms. The molecule has 3 heterocycles. The average molecular weight is 559 g/mol. The summed E-state index contributed by atoms with van der Waals surface area (Å²) in [6.07, 6.45) is 2.35. The Morgan fingerprint density at radius 2 is 1.80 bits per heavy atom. The van der Waals surface area contributed by atoms with Gasteiger partial charge in [0.15, 0.2) is 0 Å². The molecule has 1 aliphatic heterocycles. The van der Waals surface area contributed by atoms with Crippen molar-refractivity contribution >= 4 is 23.2 Å². The molecule has 0 N–H and O–H groups in total. The first-order valence-corrected chi connectivity index (χ1v) is 14.3. The van der Waals surface area contributed by atoms with Crippen LogP contribution in [0.3, 0.4) is 0 Å². The number of thiophene rings is 1. The summed E-state index contributed by atoms with van der Waals surface area (Å²) in [5.74, 6) is 2.10. The van der Waals surface area contributed by atoms with Crippen LogP contribution in [0.25, 0.3) is 0 Å². The Morgan fingerprint density at radius 1 is 1.05 bits per heavy atom. The smallest absolute Gasteiger partial charge is 0.254 e. The van der Waals surface area contributed by atoms with Crippen molar-refractivity contribution in [2.75, 3.05) is 26.8 Å². The van der Waals surface area contributed by atoms with Crippen LogP contribution < -0.4 is 9.47 Å². The normalized spacial score (nSPS) is 14.6. The number of benzene rings is 2. The van der Waals surface area contributed by atoms with E-state index in [-0.39, 0.29) is 30.9 Å². The molecule has 2 aromatic carbocycles. The van der Waals surface area contributed by atoms with Crippen molar-refractivity contribution < 1.29 is 23.5 Å². The van der Waals surface area contributed by atoms with Crippen molar-refractivity contribution in [1.29, 1.82) is 0 Å². The van der Waals surface area contributed by atoms with Gasteiger partial charge in [0, 0.05) is 17.0 Å². The fraction of sp³-hybridized carbons (Fsp3) is 0.312. The number of carbonyl (C=O) groups excluding carboxylic acids is 2. The van der Waals surface area contributed by atoms with Gasteiger partial charge in [-0.2, -0.15) is 0 Å². The van der Waals surface area contributed by atoms with Crippen LogP contribution in [-0.4, -0.2) is 48.4 Å². The Bertz CT molecular complexity index is 1410. The molecule has 0 bridgehead atoms. The third-order valence-electron chi connectivity index (χ3n) is 7.25. The Morgan fingerprint density at radius 3 is 2.48 bits per heavy atom. The summed E-state index contributed by atoms with van der Waals surface area (Å²) in [6, 6.07) is 20.4. The molecule has 0 saturated carbocycles. The third-order valence-corrected chi connectivity index (χ3v) is 8.24. The van der Waals surface area contributed by atoms with E-state index in [2.05, 4.69) is 37.4 Å². The molecular formula is C32H34N2O5S. The highest BCUT2D eigenvalue weighted by atomic mass is 32.1. The lowest BCUT2D eigenvalue weighted by molar-refractivity contribution is -0.135. The predicted molar refractivity (Wildman–Crippen MR) is 155 cm³/mol. The van der Waals surface area contributed by atoms with Crippen LogP contribution >= 0.6 is 11.3 Å². The first kappa shape index (κ1) is 27.5. The lowest BCUT2D eigenvalue weighted by Crippen LogP contribution is -2.47. The Balaban J connectivity index is 1.35. The molecule has 7 nitrogen and oxygen atoms in total. The van der Waals surface area contributed by atoms with Gasteiger partial charge in [-0.25, -0.2) is 0 Å². The van der Waals surface area contributed by atoms with E-state index in [0.717, 1.165) is 17.7 Å². The highest BCUT2D eigenvalue weighted by Gasteiger charge is 2.34. The summed E-state index contributed by atoms with van der Waals surface area (Å²) in [7, 11) is 1.58. The molecule has 8 heteroatoms. The summed E-state index contributed by atoms with van der Waals surface area (Å²) in [4.78, 5) is 32.1. The van der Waals surface area contributed by atoms with Gasteiger partial charge in [-0.3, -0.25) is 9.59 Å². The van der Waals surface area contributed by atoms with E-state index in [4.69, 9.17) is 13.9 Å². The number of carbonyl (C=O) groups is 2. The van der Waals surface area contributed by atoms with Gasteiger partial charge in [0.25, 0.3) is 5.91 Å². The second-order valence-electron chi connectivity index (χ2n) is 10.2. The minimum absolute atomic E-state index is 0.0788. The van der Waals surface area contributed by atoms with E-state index in [9.17, 15) is 9.59 Å². The van der Waals surface area contributed by atoms with Gasteiger partial charge >= 0.3 is 0 Å². The monoisotopic (exact) mass is 558 g/mol. The lowest BCUT2D eigenvalue weighted by atomic mass is 10.00. The second-order valence-corrected chi connectivity index (χ2v) is 11.2. The zero-order chi connectivity index (χ0) is 28.1. The molecule has 1 atom stereocenters. The van der Waals surface area contributed by atoms with E-state index in [1.54, 1.807) is 61.1 Å². The molecule has 0 radical (unpaired) electrons. The standard InChI is InChI=1S/C32H34N2O5S/c1-22(2)23-6-12-26(13-7-23)39-21-29-28-15-18-40-30(28)14-16-34(29)31(35)20-33(19-27-5-4-17-38-27)32(36)24-8-10-25(37-3)11-9-24/h4-13,15,17-18,22,29H,14,16,19-21H2,1-3H3/t29-/m0/s1. The van der Waals surface area contributed by atoms with Gasteiger partial charge in [0.2, 0.25) is 5.91 Å². The fourth-order valence-electron chi connectivity index (χ4n) is 4.96. The van der Waals surface area contributed by atoms with Gasteiger partial charge in [-0.05, 0) is 83.4 Å². The zero-order valence-electron chi connectivity index (χ0n) is 23.0. The van der Waals surface area contributed by atoms with Crippen molar-refractivity contribution in [3.8, 4) is 11.5 Å². The highest BCUT2D eigenvalue weighted by molar-refractivity contribution is 7.10. The zero-order valence-corrected chi connectivity index (χ0v) is 23.9. The van der Waals surface area contributed by atoms with Gasteiger partial charge in [0.05, 0.1) is 26.0 Å². The van der Waals surface area contributed by atoms with Crippen LogP contribution in [0.2, 0.25) is 0 Å². The number of amides is 2. The molecule has 5 rings (SSSR count). The van der Waals surface area contributed by atoms with Gasteiger partial charge in [-0.15, -0.1) is 11.3 Å². The molecule has 0 aliphatic carbocycles.